The Morgan fingerprint density at radius 3 is 2.22 bits per heavy atom. The van der Waals surface area contributed by atoms with E-state index in [4.69, 9.17) is 4.74 Å². The molecule has 0 aromatic rings. The van der Waals surface area contributed by atoms with Gasteiger partial charge in [0.15, 0.2) is 0 Å². The monoisotopic (exact) mass is 254 g/mol. The minimum Gasteiger partial charge on any atom is -0.373 e. The van der Waals surface area contributed by atoms with Crippen molar-refractivity contribution in [1.82, 2.24) is 10.2 Å². The van der Waals surface area contributed by atoms with Crippen molar-refractivity contribution in [3.63, 3.8) is 0 Å². The summed E-state index contributed by atoms with van der Waals surface area (Å²) in [5, 5.41) is 3.74. The minimum atomic E-state index is 0.393. The van der Waals surface area contributed by atoms with Crippen molar-refractivity contribution in [2.75, 3.05) is 26.2 Å². The first kappa shape index (κ1) is 14.3. The molecular formula is C15H30N2O. The van der Waals surface area contributed by atoms with Crippen LogP contribution in [0.4, 0.5) is 0 Å². The van der Waals surface area contributed by atoms with Gasteiger partial charge in [-0.2, -0.15) is 0 Å². The highest BCUT2D eigenvalue weighted by Crippen LogP contribution is 2.23. The third kappa shape index (κ3) is 4.52. The highest BCUT2D eigenvalue weighted by Gasteiger charge is 2.22. The lowest BCUT2D eigenvalue weighted by molar-refractivity contribution is -0.0675. The molecule has 2 unspecified atom stereocenters. The fourth-order valence-electron chi connectivity index (χ4n) is 3.36. The lowest BCUT2D eigenvalue weighted by atomic mass is 9.87. The van der Waals surface area contributed by atoms with Crippen LogP contribution in [0.5, 0.6) is 0 Å². The maximum absolute atomic E-state index is 5.76. The van der Waals surface area contributed by atoms with Crippen LogP contribution in [-0.4, -0.2) is 49.3 Å². The molecule has 2 aliphatic rings. The van der Waals surface area contributed by atoms with Gasteiger partial charge in [-0.3, -0.25) is 4.90 Å². The summed E-state index contributed by atoms with van der Waals surface area (Å²) in [6.45, 7) is 11.2. The Morgan fingerprint density at radius 2 is 1.61 bits per heavy atom. The largest absolute Gasteiger partial charge is 0.373 e. The smallest absolute Gasteiger partial charge is 0.0678 e. The molecular weight excluding hydrogens is 224 g/mol. The highest BCUT2D eigenvalue weighted by molar-refractivity contribution is 4.77. The van der Waals surface area contributed by atoms with Gasteiger partial charge in [0.25, 0.3) is 0 Å². The zero-order valence-corrected chi connectivity index (χ0v) is 12.3. The first-order valence-corrected chi connectivity index (χ1v) is 7.74. The highest BCUT2D eigenvalue weighted by atomic mass is 16.5. The van der Waals surface area contributed by atoms with Crippen molar-refractivity contribution in [3.8, 4) is 0 Å². The quantitative estimate of drug-likeness (QED) is 0.833. The third-order valence-corrected chi connectivity index (χ3v) is 4.37. The SMILES string of the molecule is CC1CCC(NCCN2CC(C)OC(C)C2)CC1. The number of rotatable bonds is 4. The van der Waals surface area contributed by atoms with Crippen molar-refractivity contribution < 1.29 is 4.74 Å². The topological polar surface area (TPSA) is 24.5 Å². The fourth-order valence-corrected chi connectivity index (χ4v) is 3.36. The van der Waals surface area contributed by atoms with E-state index in [2.05, 4.69) is 31.0 Å². The molecule has 18 heavy (non-hydrogen) atoms. The van der Waals surface area contributed by atoms with E-state index in [1.165, 1.54) is 32.2 Å². The number of ether oxygens (including phenoxy) is 1. The van der Waals surface area contributed by atoms with Crippen molar-refractivity contribution in [2.24, 2.45) is 5.92 Å². The molecule has 0 bridgehead atoms. The summed E-state index contributed by atoms with van der Waals surface area (Å²) in [6.07, 6.45) is 6.34. The normalized spacial score (nSPS) is 38.8. The van der Waals surface area contributed by atoms with E-state index in [0.29, 0.717) is 12.2 Å². The predicted octanol–water partition coefficient (Wildman–Crippen LogP) is 2.26. The summed E-state index contributed by atoms with van der Waals surface area (Å²) in [7, 11) is 0. The molecule has 3 nitrogen and oxygen atoms in total. The van der Waals surface area contributed by atoms with Gasteiger partial charge in [-0.1, -0.05) is 6.92 Å². The molecule has 0 spiro atoms. The van der Waals surface area contributed by atoms with Gasteiger partial charge in [-0.05, 0) is 45.4 Å². The molecule has 1 saturated carbocycles. The molecule has 2 atom stereocenters. The Labute approximate surface area is 112 Å². The van der Waals surface area contributed by atoms with Crippen LogP contribution in [0, 0.1) is 5.92 Å². The second kappa shape index (κ2) is 6.88. The Morgan fingerprint density at radius 1 is 1.00 bits per heavy atom. The number of hydrogen-bond acceptors (Lipinski definition) is 3. The maximum atomic E-state index is 5.76. The molecule has 3 heteroatoms. The van der Waals surface area contributed by atoms with E-state index in [9.17, 15) is 0 Å². The number of nitrogens with one attached hydrogen (secondary N) is 1. The summed E-state index contributed by atoms with van der Waals surface area (Å²) in [4.78, 5) is 2.54. The first-order valence-electron chi connectivity index (χ1n) is 7.74. The van der Waals surface area contributed by atoms with Crippen LogP contribution in [0.15, 0.2) is 0 Å². The van der Waals surface area contributed by atoms with Gasteiger partial charge in [0, 0.05) is 32.2 Å². The second-order valence-corrected chi connectivity index (χ2v) is 6.43. The van der Waals surface area contributed by atoms with Crippen molar-refractivity contribution >= 4 is 0 Å². The Bertz CT molecular complexity index is 229. The van der Waals surface area contributed by atoms with Crippen molar-refractivity contribution in [3.05, 3.63) is 0 Å². The molecule has 1 aliphatic carbocycles. The first-order chi connectivity index (χ1) is 8.63. The van der Waals surface area contributed by atoms with E-state index in [1.807, 2.05) is 0 Å². The van der Waals surface area contributed by atoms with E-state index >= 15 is 0 Å². The van der Waals surface area contributed by atoms with Gasteiger partial charge in [0.1, 0.15) is 0 Å². The number of nitrogens with zero attached hydrogens (tertiary/aromatic N) is 1. The van der Waals surface area contributed by atoms with E-state index < -0.39 is 0 Å². The molecule has 1 saturated heterocycles. The average Bonchev–Trinajstić information content (AvgIpc) is 2.30. The average molecular weight is 254 g/mol. The molecule has 106 valence electrons. The summed E-state index contributed by atoms with van der Waals surface area (Å²) < 4.78 is 5.76. The van der Waals surface area contributed by atoms with Crippen LogP contribution in [0.2, 0.25) is 0 Å². The third-order valence-electron chi connectivity index (χ3n) is 4.37. The van der Waals surface area contributed by atoms with E-state index in [0.717, 1.165) is 31.6 Å². The number of morpholine rings is 1. The molecule has 0 amide bonds. The molecule has 1 N–H and O–H groups in total. The zero-order valence-electron chi connectivity index (χ0n) is 12.3. The summed E-state index contributed by atoms with van der Waals surface area (Å²) >= 11 is 0. The van der Waals surface area contributed by atoms with Crippen LogP contribution in [-0.2, 0) is 4.74 Å². The predicted molar refractivity (Wildman–Crippen MR) is 75.9 cm³/mol. The summed E-state index contributed by atoms with van der Waals surface area (Å²) in [6, 6.07) is 0.775. The molecule has 0 aromatic heterocycles. The van der Waals surface area contributed by atoms with Gasteiger partial charge in [0.2, 0.25) is 0 Å². The summed E-state index contributed by atoms with van der Waals surface area (Å²) in [5.41, 5.74) is 0. The van der Waals surface area contributed by atoms with E-state index in [-0.39, 0.29) is 0 Å². The standard InChI is InChI=1S/C15H30N2O/c1-12-4-6-15(7-5-12)16-8-9-17-10-13(2)18-14(3)11-17/h12-16H,4-11H2,1-3H3. The molecule has 1 heterocycles. The molecule has 0 aromatic carbocycles. The van der Waals surface area contributed by atoms with Crippen LogP contribution in [0.25, 0.3) is 0 Å². The van der Waals surface area contributed by atoms with Crippen LogP contribution >= 0.6 is 0 Å². The van der Waals surface area contributed by atoms with Crippen LogP contribution in [0.1, 0.15) is 46.5 Å². The maximum Gasteiger partial charge on any atom is 0.0678 e. The van der Waals surface area contributed by atoms with Crippen LogP contribution in [0.3, 0.4) is 0 Å². The van der Waals surface area contributed by atoms with Gasteiger partial charge in [-0.25, -0.2) is 0 Å². The number of hydrogen-bond donors (Lipinski definition) is 1. The Balaban J connectivity index is 1.60. The molecule has 1 aliphatic heterocycles. The molecule has 2 rings (SSSR count). The van der Waals surface area contributed by atoms with Gasteiger partial charge in [-0.15, -0.1) is 0 Å². The van der Waals surface area contributed by atoms with Crippen molar-refractivity contribution in [2.45, 2.75) is 64.7 Å². The van der Waals surface area contributed by atoms with Crippen molar-refractivity contribution in [1.29, 1.82) is 0 Å². The lowest BCUT2D eigenvalue weighted by Gasteiger charge is -2.36. The Hall–Kier alpha value is -0.120. The van der Waals surface area contributed by atoms with Gasteiger partial charge >= 0.3 is 0 Å². The fraction of sp³-hybridized carbons (Fsp3) is 1.00. The zero-order chi connectivity index (χ0) is 13.0. The summed E-state index contributed by atoms with van der Waals surface area (Å²) in [5.74, 6) is 0.948. The van der Waals surface area contributed by atoms with Gasteiger partial charge in [0.05, 0.1) is 12.2 Å². The molecule has 2 fully saturated rings. The molecule has 0 radical (unpaired) electrons. The second-order valence-electron chi connectivity index (χ2n) is 6.43. The van der Waals surface area contributed by atoms with E-state index in [1.54, 1.807) is 0 Å². The van der Waals surface area contributed by atoms with Gasteiger partial charge < -0.3 is 10.1 Å². The minimum absolute atomic E-state index is 0.393. The lowest BCUT2D eigenvalue weighted by Crippen LogP contribution is -2.48. The van der Waals surface area contributed by atoms with Crippen LogP contribution < -0.4 is 5.32 Å². The Kier molecular flexibility index (Phi) is 5.46.